The van der Waals surface area contributed by atoms with E-state index in [2.05, 4.69) is 13.8 Å². The molecule has 1 N–H and O–H groups in total. The molecule has 0 heterocycles. The number of carboxylic acid groups (broad SMARTS) is 1. The number of hydrogen-bond donors (Lipinski definition) is 1. The Labute approximate surface area is 120 Å². The van der Waals surface area contributed by atoms with Crippen molar-refractivity contribution in [2.45, 2.75) is 41.0 Å². The van der Waals surface area contributed by atoms with Gasteiger partial charge in [0.15, 0.2) is 0 Å². The molecule has 0 spiro atoms. The van der Waals surface area contributed by atoms with E-state index in [9.17, 15) is 9.59 Å². The smallest absolute Gasteiger partial charge is 0.338 e. The third-order valence-electron chi connectivity index (χ3n) is 2.00. The Balaban J connectivity index is 0.00000110. The molecule has 4 nitrogen and oxygen atoms in total. The van der Waals surface area contributed by atoms with Crippen molar-refractivity contribution >= 4 is 11.9 Å². The lowest BCUT2D eigenvalue weighted by atomic mass is 9.99. The Morgan fingerprint density at radius 3 is 1.80 bits per heavy atom. The van der Waals surface area contributed by atoms with E-state index in [1.165, 1.54) is 30.7 Å². The number of esters is 1. The molecule has 112 valence electrons. The van der Waals surface area contributed by atoms with Crippen molar-refractivity contribution in [2.24, 2.45) is 5.41 Å². The largest absolute Gasteiger partial charge is 0.478 e. The van der Waals surface area contributed by atoms with Crippen LogP contribution < -0.4 is 0 Å². The molecule has 0 unspecified atom stereocenters. The van der Waals surface area contributed by atoms with Crippen LogP contribution in [0.4, 0.5) is 0 Å². The maximum absolute atomic E-state index is 11.6. The first-order valence-corrected chi connectivity index (χ1v) is 6.71. The summed E-state index contributed by atoms with van der Waals surface area (Å²) in [6.45, 7) is 10.5. The fraction of sp³-hybridized carbons (Fsp3) is 0.500. The van der Waals surface area contributed by atoms with Gasteiger partial charge in [0.1, 0.15) is 0 Å². The third kappa shape index (κ3) is 7.56. The normalized spacial score (nSPS) is 10.2. The average molecular weight is 280 g/mol. The summed E-state index contributed by atoms with van der Waals surface area (Å²) in [5.74, 6) is -1.45. The van der Waals surface area contributed by atoms with Crippen LogP contribution in [-0.2, 0) is 4.74 Å². The summed E-state index contributed by atoms with van der Waals surface area (Å²) >= 11 is 0. The molecule has 0 amide bonds. The molecule has 0 atom stereocenters. The highest BCUT2D eigenvalue weighted by Crippen LogP contribution is 2.14. The summed E-state index contributed by atoms with van der Waals surface area (Å²) in [5.41, 5.74) is 0.424. The van der Waals surface area contributed by atoms with E-state index in [1.54, 1.807) is 0 Å². The van der Waals surface area contributed by atoms with Crippen LogP contribution in [-0.4, -0.2) is 23.7 Å². The van der Waals surface area contributed by atoms with Crippen LogP contribution in [0.3, 0.4) is 0 Å². The van der Waals surface area contributed by atoms with E-state index in [4.69, 9.17) is 9.84 Å². The lowest BCUT2D eigenvalue weighted by molar-refractivity contribution is 0.0366. The first-order valence-electron chi connectivity index (χ1n) is 6.71. The van der Waals surface area contributed by atoms with Gasteiger partial charge in [-0.3, -0.25) is 0 Å². The molecule has 0 aliphatic heterocycles. The minimum absolute atomic E-state index is 0.0866. The molecule has 0 aliphatic rings. The van der Waals surface area contributed by atoms with E-state index in [1.807, 2.05) is 20.8 Å². The molecule has 4 heteroatoms. The van der Waals surface area contributed by atoms with Crippen LogP contribution in [0.25, 0.3) is 0 Å². The lowest BCUT2D eigenvalue weighted by Gasteiger charge is -2.17. The van der Waals surface area contributed by atoms with E-state index >= 15 is 0 Å². The molecule has 0 fully saturated rings. The zero-order valence-corrected chi connectivity index (χ0v) is 12.9. The highest BCUT2D eigenvalue weighted by atomic mass is 16.5. The third-order valence-corrected chi connectivity index (χ3v) is 2.00. The first-order chi connectivity index (χ1) is 9.21. The Hall–Kier alpha value is -1.84. The Morgan fingerprint density at radius 2 is 1.45 bits per heavy atom. The number of rotatable bonds is 3. The minimum atomic E-state index is -1.01. The predicted molar refractivity (Wildman–Crippen MR) is 79.1 cm³/mol. The van der Waals surface area contributed by atoms with Gasteiger partial charge in [-0.25, -0.2) is 9.59 Å². The number of hydrogen-bond acceptors (Lipinski definition) is 3. The van der Waals surface area contributed by atoms with Gasteiger partial charge in [-0.05, 0) is 29.7 Å². The standard InChI is InChI=1S/C13H16O4.C3H8/c1-13(2,3)8-17-12(16)10-6-4-9(5-7-10)11(14)15;1-3-2/h4-7H,8H2,1-3H3,(H,14,15);3H2,1-2H3. The van der Waals surface area contributed by atoms with Crippen molar-refractivity contribution < 1.29 is 19.4 Å². The maximum atomic E-state index is 11.6. The van der Waals surface area contributed by atoms with Gasteiger partial charge in [0, 0.05) is 0 Å². The highest BCUT2D eigenvalue weighted by Gasteiger charge is 2.15. The van der Waals surface area contributed by atoms with Crippen LogP contribution in [0, 0.1) is 5.41 Å². The molecule has 0 bridgehead atoms. The maximum Gasteiger partial charge on any atom is 0.338 e. The van der Waals surface area contributed by atoms with Crippen molar-refractivity contribution in [3.63, 3.8) is 0 Å². The van der Waals surface area contributed by atoms with E-state index in [-0.39, 0.29) is 11.0 Å². The summed E-state index contributed by atoms with van der Waals surface area (Å²) in [4.78, 5) is 22.2. The van der Waals surface area contributed by atoms with Gasteiger partial charge in [-0.2, -0.15) is 0 Å². The summed E-state index contributed by atoms with van der Waals surface area (Å²) in [6.07, 6.45) is 1.25. The number of ether oxygens (including phenoxy) is 1. The molecule has 1 rings (SSSR count). The second-order valence-electron chi connectivity index (χ2n) is 5.73. The van der Waals surface area contributed by atoms with Gasteiger partial charge in [0.2, 0.25) is 0 Å². The van der Waals surface area contributed by atoms with Gasteiger partial charge in [0.25, 0.3) is 0 Å². The van der Waals surface area contributed by atoms with Crippen molar-refractivity contribution in [3.8, 4) is 0 Å². The topological polar surface area (TPSA) is 63.6 Å². The van der Waals surface area contributed by atoms with Crippen molar-refractivity contribution in [2.75, 3.05) is 6.61 Å². The van der Waals surface area contributed by atoms with E-state index < -0.39 is 11.9 Å². The predicted octanol–water partition coefficient (Wildman–Crippen LogP) is 4.00. The van der Waals surface area contributed by atoms with Gasteiger partial charge >= 0.3 is 11.9 Å². The lowest BCUT2D eigenvalue weighted by Crippen LogP contribution is -2.18. The number of benzene rings is 1. The zero-order valence-electron chi connectivity index (χ0n) is 12.9. The Kier molecular flexibility index (Phi) is 7.59. The zero-order chi connectivity index (χ0) is 15.8. The molecular weight excluding hydrogens is 256 g/mol. The molecule has 0 aromatic heterocycles. The van der Waals surface area contributed by atoms with Crippen LogP contribution >= 0.6 is 0 Å². The quantitative estimate of drug-likeness (QED) is 0.850. The van der Waals surface area contributed by atoms with Gasteiger partial charge < -0.3 is 9.84 Å². The van der Waals surface area contributed by atoms with Crippen molar-refractivity contribution in [3.05, 3.63) is 35.4 Å². The van der Waals surface area contributed by atoms with Crippen LogP contribution in [0.1, 0.15) is 61.8 Å². The number of carbonyl (C=O) groups excluding carboxylic acids is 1. The Morgan fingerprint density at radius 1 is 1.05 bits per heavy atom. The number of carboxylic acids is 1. The minimum Gasteiger partial charge on any atom is -0.478 e. The summed E-state index contributed by atoms with van der Waals surface area (Å²) in [5, 5.41) is 8.71. The molecule has 20 heavy (non-hydrogen) atoms. The second-order valence-corrected chi connectivity index (χ2v) is 5.73. The fourth-order valence-electron chi connectivity index (χ4n) is 1.11. The summed E-state index contributed by atoms with van der Waals surface area (Å²) < 4.78 is 5.11. The number of carbonyl (C=O) groups is 2. The van der Waals surface area contributed by atoms with Gasteiger partial charge in [0.05, 0.1) is 17.7 Å². The van der Waals surface area contributed by atoms with Crippen molar-refractivity contribution in [1.29, 1.82) is 0 Å². The molecule has 1 aromatic carbocycles. The summed E-state index contributed by atoms with van der Waals surface area (Å²) in [7, 11) is 0. The SMILES string of the molecule is CC(C)(C)COC(=O)c1ccc(C(=O)O)cc1.CCC. The van der Waals surface area contributed by atoms with Gasteiger partial charge in [-0.1, -0.05) is 41.0 Å². The highest BCUT2D eigenvalue weighted by molar-refractivity contribution is 5.92. The van der Waals surface area contributed by atoms with Gasteiger partial charge in [-0.15, -0.1) is 0 Å². The van der Waals surface area contributed by atoms with Crippen LogP contribution in [0.2, 0.25) is 0 Å². The van der Waals surface area contributed by atoms with Crippen LogP contribution in [0.15, 0.2) is 24.3 Å². The molecule has 0 radical (unpaired) electrons. The molecule has 0 saturated heterocycles. The average Bonchev–Trinajstić information content (AvgIpc) is 2.36. The number of aromatic carboxylic acids is 1. The van der Waals surface area contributed by atoms with E-state index in [0.29, 0.717) is 12.2 Å². The van der Waals surface area contributed by atoms with E-state index in [0.717, 1.165) is 0 Å². The fourth-order valence-corrected chi connectivity index (χ4v) is 1.11. The molecular formula is C16H24O4. The molecule has 0 saturated carbocycles. The van der Waals surface area contributed by atoms with Crippen LogP contribution in [0.5, 0.6) is 0 Å². The summed E-state index contributed by atoms with van der Waals surface area (Å²) in [6, 6.07) is 5.68. The molecule has 0 aliphatic carbocycles. The monoisotopic (exact) mass is 280 g/mol. The van der Waals surface area contributed by atoms with Crippen molar-refractivity contribution in [1.82, 2.24) is 0 Å². The molecule has 1 aromatic rings. The Bertz CT molecular complexity index is 427. The first kappa shape index (κ1) is 18.2. The second kappa shape index (κ2) is 8.35.